The minimum atomic E-state index is -0.867. The minimum Gasteiger partial charge on any atom is -0.508 e. The summed E-state index contributed by atoms with van der Waals surface area (Å²) in [6.07, 6.45) is -0.0233. The van der Waals surface area contributed by atoms with Gasteiger partial charge in [0.2, 0.25) is 0 Å². The lowest BCUT2D eigenvalue weighted by Crippen LogP contribution is -2.04. The zero-order valence-corrected chi connectivity index (χ0v) is 19.3. The van der Waals surface area contributed by atoms with Crippen molar-refractivity contribution in [2.24, 2.45) is 0 Å². The second kappa shape index (κ2) is 9.81. The lowest BCUT2D eigenvalue weighted by atomic mass is 9.96. The number of phenolic OH excluding ortho intramolecular Hbond substituents is 1. The molecule has 1 unspecified atom stereocenters. The Bertz CT molecular complexity index is 1360. The fourth-order valence-electron chi connectivity index (χ4n) is 3.89. The summed E-state index contributed by atoms with van der Waals surface area (Å²) in [5.41, 5.74) is 5.22. The SMILES string of the molecule is CC#CC(CC(=O)O)c1ccc(OCc2ccc3scc(-c4ccc(O)cc4C)c3c2)cc1. The predicted molar refractivity (Wildman–Crippen MR) is 133 cm³/mol. The maximum absolute atomic E-state index is 11.1. The van der Waals surface area contributed by atoms with E-state index in [9.17, 15) is 9.90 Å². The maximum Gasteiger partial charge on any atom is 0.304 e. The molecule has 1 heterocycles. The van der Waals surface area contributed by atoms with Gasteiger partial charge in [0.25, 0.3) is 0 Å². The molecule has 33 heavy (non-hydrogen) atoms. The molecule has 0 aliphatic carbocycles. The zero-order valence-electron chi connectivity index (χ0n) is 18.5. The Morgan fingerprint density at radius 1 is 1.06 bits per heavy atom. The summed E-state index contributed by atoms with van der Waals surface area (Å²) in [7, 11) is 0. The highest BCUT2D eigenvalue weighted by molar-refractivity contribution is 7.17. The average Bonchev–Trinajstić information content (AvgIpc) is 3.20. The van der Waals surface area contributed by atoms with Crippen LogP contribution in [0.4, 0.5) is 0 Å². The lowest BCUT2D eigenvalue weighted by molar-refractivity contribution is -0.137. The molecule has 0 aliphatic rings. The van der Waals surface area contributed by atoms with Gasteiger partial charge >= 0.3 is 5.97 Å². The second-order valence-electron chi connectivity index (χ2n) is 7.88. The smallest absolute Gasteiger partial charge is 0.304 e. The molecule has 4 rings (SSSR count). The van der Waals surface area contributed by atoms with Gasteiger partial charge in [-0.3, -0.25) is 4.79 Å². The number of rotatable bonds is 7. The average molecular weight is 457 g/mol. The molecule has 5 heteroatoms. The van der Waals surface area contributed by atoms with Crippen LogP contribution in [0.15, 0.2) is 66.0 Å². The molecular formula is C28H24O4S. The van der Waals surface area contributed by atoms with Crippen molar-refractivity contribution in [1.29, 1.82) is 0 Å². The first kappa shape index (κ1) is 22.4. The Morgan fingerprint density at radius 2 is 1.85 bits per heavy atom. The molecule has 0 spiro atoms. The lowest BCUT2D eigenvalue weighted by Gasteiger charge is -2.11. The van der Waals surface area contributed by atoms with Crippen molar-refractivity contribution in [1.82, 2.24) is 0 Å². The highest BCUT2D eigenvalue weighted by Gasteiger charge is 2.14. The Kier molecular flexibility index (Phi) is 6.67. The quantitative estimate of drug-likeness (QED) is 0.302. The molecule has 0 radical (unpaired) electrons. The molecule has 2 N–H and O–H groups in total. The number of ether oxygens (including phenoxy) is 1. The summed E-state index contributed by atoms with van der Waals surface area (Å²) in [6, 6.07) is 19.3. The second-order valence-corrected chi connectivity index (χ2v) is 8.79. The number of carboxylic acids is 1. The van der Waals surface area contributed by atoms with Crippen LogP contribution in [0.3, 0.4) is 0 Å². The molecule has 4 nitrogen and oxygen atoms in total. The van der Waals surface area contributed by atoms with E-state index in [-0.39, 0.29) is 18.1 Å². The number of aryl methyl sites for hydroxylation is 1. The van der Waals surface area contributed by atoms with Crippen molar-refractivity contribution in [2.45, 2.75) is 32.8 Å². The van der Waals surface area contributed by atoms with Crippen molar-refractivity contribution < 1.29 is 19.7 Å². The van der Waals surface area contributed by atoms with Gasteiger partial charge in [-0.15, -0.1) is 17.3 Å². The monoisotopic (exact) mass is 456 g/mol. The number of thiophene rings is 1. The van der Waals surface area contributed by atoms with Gasteiger partial charge in [-0.25, -0.2) is 0 Å². The van der Waals surface area contributed by atoms with E-state index in [1.165, 1.54) is 10.1 Å². The molecule has 0 fully saturated rings. The fraction of sp³-hybridized carbons (Fsp3) is 0.179. The van der Waals surface area contributed by atoms with Crippen LogP contribution in [0.25, 0.3) is 21.2 Å². The summed E-state index contributed by atoms with van der Waals surface area (Å²) in [4.78, 5) is 11.1. The molecule has 0 amide bonds. The van der Waals surface area contributed by atoms with E-state index in [4.69, 9.17) is 9.84 Å². The Hall–Kier alpha value is -3.75. The third kappa shape index (κ3) is 5.19. The van der Waals surface area contributed by atoms with Gasteiger partial charge in [0.05, 0.1) is 12.3 Å². The molecule has 1 aromatic heterocycles. The van der Waals surface area contributed by atoms with Crippen LogP contribution < -0.4 is 4.74 Å². The highest BCUT2D eigenvalue weighted by Crippen LogP contribution is 2.37. The van der Waals surface area contributed by atoms with Crippen molar-refractivity contribution >= 4 is 27.4 Å². The molecule has 0 aliphatic heterocycles. The van der Waals surface area contributed by atoms with E-state index in [0.29, 0.717) is 6.61 Å². The number of carbonyl (C=O) groups is 1. The van der Waals surface area contributed by atoms with Crippen LogP contribution in [-0.2, 0) is 11.4 Å². The first-order chi connectivity index (χ1) is 15.9. The van der Waals surface area contributed by atoms with Gasteiger partial charge in [0.15, 0.2) is 0 Å². The number of aromatic hydroxyl groups is 1. The Morgan fingerprint density at radius 3 is 2.55 bits per heavy atom. The van der Waals surface area contributed by atoms with Crippen molar-refractivity contribution in [3.63, 3.8) is 0 Å². The van der Waals surface area contributed by atoms with E-state index in [1.807, 2.05) is 37.3 Å². The topological polar surface area (TPSA) is 66.8 Å². The number of phenols is 1. The van der Waals surface area contributed by atoms with Crippen molar-refractivity contribution in [3.8, 4) is 34.5 Å². The van der Waals surface area contributed by atoms with Crippen LogP contribution in [0.1, 0.15) is 36.0 Å². The third-order valence-corrected chi connectivity index (χ3v) is 6.49. The summed E-state index contributed by atoms with van der Waals surface area (Å²) in [6.45, 7) is 4.14. The maximum atomic E-state index is 11.1. The van der Waals surface area contributed by atoms with E-state index < -0.39 is 5.97 Å². The fourth-order valence-corrected chi connectivity index (χ4v) is 4.83. The zero-order chi connectivity index (χ0) is 23.4. The summed E-state index contributed by atoms with van der Waals surface area (Å²) in [5, 5.41) is 22.2. The number of benzene rings is 3. The molecule has 3 aromatic carbocycles. The van der Waals surface area contributed by atoms with E-state index in [2.05, 4.69) is 35.4 Å². The molecule has 0 bridgehead atoms. The Labute approximate surface area is 197 Å². The number of fused-ring (bicyclic) bond motifs is 1. The van der Waals surface area contributed by atoms with Crippen molar-refractivity contribution in [3.05, 3.63) is 82.7 Å². The van der Waals surface area contributed by atoms with Crippen LogP contribution in [-0.4, -0.2) is 16.2 Å². The molecule has 166 valence electrons. The summed E-state index contributed by atoms with van der Waals surface area (Å²) in [5.74, 6) is 5.57. The highest BCUT2D eigenvalue weighted by atomic mass is 32.1. The number of carboxylic acid groups (broad SMARTS) is 1. The van der Waals surface area contributed by atoms with Gasteiger partial charge in [0, 0.05) is 15.6 Å². The first-order valence-electron chi connectivity index (χ1n) is 10.6. The Balaban J connectivity index is 1.51. The summed E-state index contributed by atoms with van der Waals surface area (Å²) < 4.78 is 7.20. The molecule has 0 saturated heterocycles. The van der Waals surface area contributed by atoms with Crippen molar-refractivity contribution in [2.75, 3.05) is 0 Å². The molecule has 1 atom stereocenters. The standard InChI is InChI=1S/C28H24O4S/c1-3-4-21(15-28(30)31)20-6-9-23(10-7-20)32-16-19-5-12-27-25(14-19)26(17-33-27)24-11-8-22(29)13-18(24)2/h5-14,17,21,29H,15-16H2,1-2H3,(H,30,31). The van der Waals surface area contributed by atoms with Gasteiger partial charge in [-0.05, 0) is 77.9 Å². The largest absolute Gasteiger partial charge is 0.508 e. The normalized spacial score (nSPS) is 11.6. The summed E-state index contributed by atoms with van der Waals surface area (Å²) >= 11 is 1.70. The minimum absolute atomic E-state index is 0.0233. The predicted octanol–water partition coefficient (Wildman–Crippen LogP) is 6.74. The van der Waals surface area contributed by atoms with Gasteiger partial charge in [-0.2, -0.15) is 0 Å². The van der Waals surface area contributed by atoms with E-state index >= 15 is 0 Å². The van der Waals surface area contributed by atoms with Crippen LogP contribution in [0.2, 0.25) is 0 Å². The number of hydrogen-bond donors (Lipinski definition) is 2. The van der Waals surface area contributed by atoms with E-state index in [0.717, 1.165) is 33.6 Å². The van der Waals surface area contributed by atoms with Crippen LogP contribution in [0.5, 0.6) is 11.5 Å². The third-order valence-electron chi connectivity index (χ3n) is 5.52. The first-order valence-corrected chi connectivity index (χ1v) is 11.5. The van der Waals surface area contributed by atoms with Crippen LogP contribution in [0, 0.1) is 18.8 Å². The number of aliphatic carboxylic acids is 1. The van der Waals surface area contributed by atoms with Gasteiger partial charge < -0.3 is 14.9 Å². The molecule has 0 saturated carbocycles. The number of hydrogen-bond acceptors (Lipinski definition) is 4. The van der Waals surface area contributed by atoms with Gasteiger partial charge in [0.1, 0.15) is 18.1 Å². The van der Waals surface area contributed by atoms with Gasteiger partial charge in [-0.1, -0.05) is 30.2 Å². The molecule has 4 aromatic rings. The van der Waals surface area contributed by atoms with Crippen LogP contribution >= 0.6 is 11.3 Å². The van der Waals surface area contributed by atoms with E-state index in [1.54, 1.807) is 30.4 Å². The molecular weight excluding hydrogens is 432 g/mol.